The second-order valence-corrected chi connectivity index (χ2v) is 10.5. The molecule has 4 N–H and O–H groups in total. The molecule has 0 saturated heterocycles. The summed E-state index contributed by atoms with van der Waals surface area (Å²) in [4.78, 5) is 0. The zero-order valence-corrected chi connectivity index (χ0v) is 14.5. The Labute approximate surface area is 133 Å². The van der Waals surface area contributed by atoms with Crippen molar-refractivity contribution in [2.45, 2.75) is 69.2 Å². The summed E-state index contributed by atoms with van der Waals surface area (Å²) in [6.45, 7) is 1.98. The third-order valence-electron chi connectivity index (χ3n) is 6.43. The van der Waals surface area contributed by atoms with Crippen molar-refractivity contribution in [2.24, 2.45) is 5.41 Å². The molecule has 0 aromatic heterocycles. The minimum atomic E-state index is -2.81. The van der Waals surface area contributed by atoms with Crippen molar-refractivity contribution >= 4 is 7.14 Å². The van der Waals surface area contributed by atoms with E-state index in [4.69, 9.17) is 0 Å². The summed E-state index contributed by atoms with van der Waals surface area (Å²) in [7, 11) is -2.81. The van der Waals surface area contributed by atoms with Crippen LogP contribution in [0.15, 0.2) is 0 Å². The van der Waals surface area contributed by atoms with Gasteiger partial charge in [0.2, 0.25) is 0 Å². The number of hydrogen-bond acceptors (Lipinski definition) is 5. The molecule has 0 aromatic rings. The van der Waals surface area contributed by atoms with Crippen LogP contribution in [-0.2, 0) is 4.57 Å². The SMILES string of the molecule is CCC1(C2(P(=O)(CCCO)CCCO)CCC2O)CCC1O. The van der Waals surface area contributed by atoms with Gasteiger partial charge in [0.05, 0.1) is 24.5 Å². The van der Waals surface area contributed by atoms with E-state index in [2.05, 4.69) is 0 Å². The highest BCUT2D eigenvalue weighted by atomic mass is 31.2. The minimum absolute atomic E-state index is 0.0169. The highest BCUT2D eigenvalue weighted by molar-refractivity contribution is 7.65. The molecule has 5 nitrogen and oxygen atoms in total. The Hall–Kier alpha value is 0.0700. The first-order valence-corrected chi connectivity index (χ1v) is 10.7. The van der Waals surface area contributed by atoms with Crippen molar-refractivity contribution in [3.8, 4) is 0 Å². The summed E-state index contributed by atoms with van der Waals surface area (Å²) in [6.07, 6.45) is 4.13. The molecule has 22 heavy (non-hydrogen) atoms. The van der Waals surface area contributed by atoms with Crippen LogP contribution in [0.3, 0.4) is 0 Å². The highest BCUT2D eigenvalue weighted by Crippen LogP contribution is 2.77. The topological polar surface area (TPSA) is 98.0 Å². The van der Waals surface area contributed by atoms with Crippen LogP contribution in [0.5, 0.6) is 0 Å². The third-order valence-corrected chi connectivity index (χ3v) is 10.9. The van der Waals surface area contributed by atoms with Crippen molar-refractivity contribution in [1.82, 2.24) is 0 Å². The van der Waals surface area contributed by atoms with E-state index < -0.39 is 29.9 Å². The second kappa shape index (κ2) is 6.90. The van der Waals surface area contributed by atoms with Crippen LogP contribution < -0.4 is 0 Å². The van der Waals surface area contributed by atoms with Gasteiger partial charge in [0, 0.05) is 31.0 Å². The Morgan fingerprint density at radius 2 is 1.55 bits per heavy atom. The Balaban J connectivity index is 2.40. The molecule has 2 aliphatic rings. The van der Waals surface area contributed by atoms with Gasteiger partial charge in [-0.3, -0.25) is 0 Å². The zero-order valence-electron chi connectivity index (χ0n) is 13.6. The smallest absolute Gasteiger partial charge is 0.0969 e. The van der Waals surface area contributed by atoms with Crippen LogP contribution in [-0.4, -0.2) is 63.3 Å². The van der Waals surface area contributed by atoms with Crippen LogP contribution in [0.25, 0.3) is 0 Å². The molecule has 2 saturated carbocycles. The molecule has 0 bridgehead atoms. The molecule has 0 amide bonds. The lowest BCUT2D eigenvalue weighted by Crippen LogP contribution is -2.70. The van der Waals surface area contributed by atoms with Crippen molar-refractivity contribution in [3.63, 3.8) is 0 Å². The molecule has 0 heterocycles. The van der Waals surface area contributed by atoms with Crippen molar-refractivity contribution in [1.29, 1.82) is 0 Å². The maximum atomic E-state index is 13.9. The first-order chi connectivity index (χ1) is 10.4. The van der Waals surface area contributed by atoms with Gasteiger partial charge < -0.3 is 25.0 Å². The zero-order chi connectivity index (χ0) is 16.4. The summed E-state index contributed by atoms with van der Waals surface area (Å²) < 4.78 is 13.9. The van der Waals surface area contributed by atoms with Gasteiger partial charge in [0.25, 0.3) is 0 Å². The van der Waals surface area contributed by atoms with E-state index in [1.54, 1.807) is 0 Å². The predicted octanol–water partition coefficient (Wildman–Crippen LogP) is 1.56. The molecular formula is C16H31O5P. The summed E-state index contributed by atoms with van der Waals surface area (Å²) in [5.41, 5.74) is -0.453. The second-order valence-electron chi connectivity index (χ2n) is 7.03. The minimum Gasteiger partial charge on any atom is -0.396 e. The third kappa shape index (κ3) is 2.41. The molecule has 2 fully saturated rings. The Kier molecular flexibility index (Phi) is 5.77. The van der Waals surface area contributed by atoms with Crippen molar-refractivity contribution < 1.29 is 25.0 Å². The summed E-state index contributed by atoms with van der Waals surface area (Å²) in [6, 6.07) is 0. The molecular weight excluding hydrogens is 303 g/mol. The van der Waals surface area contributed by atoms with Crippen LogP contribution in [0.4, 0.5) is 0 Å². The first-order valence-electron chi connectivity index (χ1n) is 8.60. The van der Waals surface area contributed by atoms with Gasteiger partial charge in [0.15, 0.2) is 0 Å². The van der Waals surface area contributed by atoms with Crippen molar-refractivity contribution in [2.75, 3.05) is 25.5 Å². The van der Waals surface area contributed by atoms with Crippen molar-refractivity contribution in [3.05, 3.63) is 0 Å². The Morgan fingerprint density at radius 3 is 1.77 bits per heavy atom. The molecule has 0 radical (unpaired) electrons. The van der Waals surface area contributed by atoms with Gasteiger partial charge in [-0.15, -0.1) is 0 Å². The van der Waals surface area contributed by atoms with E-state index in [1.807, 2.05) is 6.92 Å². The molecule has 130 valence electrons. The van der Waals surface area contributed by atoms with Crippen LogP contribution in [0, 0.1) is 5.41 Å². The van der Waals surface area contributed by atoms with Gasteiger partial charge in [-0.2, -0.15) is 0 Å². The van der Waals surface area contributed by atoms with E-state index in [9.17, 15) is 25.0 Å². The molecule has 0 aliphatic heterocycles. The number of aliphatic hydroxyl groups is 4. The van der Waals surface area contributed by atoms with Gasteiger partial charge in [0.1, 0.15) is 0 Å². The Bertz CT molecular complexity index is 413. The maximum absolute atomic E-state index is 13.9. The monoisotopic (exact) mass is 334 g/mol. The van der Waals surface area contributed by atoms with Gasteiger partial charge in [-0.1, -0.05) is 6.92 Å². The number of hydrogen-bond donors (Lipinski definition) is 4. The maximum Gasteiger partial charge on any atom is 0.0969 e. The molecule has 0 spiro atoms. The fourth-order valence-electron chi connectivity index (χ4n) is 5.02. The summed E-state index contributed by atoms with van der Waals surface area (Å²) >= 11 is 0. The fraction of sp³-hybridized carbons (Fsp3) is 1.00. The lowest BCUT2D eigenvalue weighted by atomic mass is 9.50. The van der Waals surface area contributed by atoms with Gasteiger partial charge in [-0.05, 0) is 44.9 Å². The van der Waals surface area contributed by atoms with Crippen LogP contribution in [0.2, 0.25) is 0 Å². The fourth-order valence-corrected chi connectivity index (χ4v) is 9.78. The average molecular weight is 334 g/mol. The van der Waals surface area contributed by atoms with E-state index in [0.29, 0.717) is 50.8 Å². The first kappa shape index (κ1) is 18.4. The molecule has 2 rings (SSSR count). The lowest BCUT2D eigenvalue weighted by Gasteiger charge is -2.67. The lowest BCUT2D eigenvalue weighted by molar-refractivity contribution is -0.153. The van der Waals surface area contributed by atoms with Crippen LogP contribution in [0.1, 0.15) is 51.9 Å². The molecule has 0 aromatic carbocycles. The quantitative estimate of drug-likeness (QED) is 0.480. The predicted molar refractivity (Wildman–Crippen MR) is 86.7 cm³/mol. The van der Waals surface area contributed by atoms with E-state index >= 15 is 0 Å². The normalized spacial score (nSPS) is 38.4. The van der Waals surface area contributed by atoms with E-state index in [1.165, 1.54) is 0 Å². The van der Waals surface area contributed by atoms with Gasteiger partial charge >= 0.3 is 0 Å². The highest BCUT2D eigenvalue weighted by Gasteiger charge is 2.71. The van der Waals surface area contributed by atoms with E-state index in [-0.39, 0.29) is 13.2 Å². The molecule has 4 unspecified atom stereocenters. The Morgan fingerprint density at radius 1 is 1.00 bits per heavy atom. The largest absolute Gasteiger partial charge is 0.396 e. The summed E-state index contributed by atoms with van der Waals surface area (Å²) in [5, 5.41) is 38.7. The van der Waals surface area contributed by atoms with E-state index in [0.717, 1.165) is 6.42 Å². The average Bonchev–Trinajstić information content (AvgIpc) is 2.52. The number of rotatable bonds is 9. The van der Waals surface area contributed by atoms with Crippen LogP contribution >= 0.6 is 7.14 Å². The standard InChI is InChI=1S/C16H31O5P/c1-2-15(7-5-13(15)19)16(8-6-14(16)20)22(21,11-3-9-17)12-4-10-18/h13-14,17-20H,2-12H2,1H3. The molecule has 2 aliphatic carbocycles. The molecule has 4 atom stereocenters. The summed E-state index contributed by atoms with van der Waals surface area (Å²) in [5.74, 6) is 0. The van der Waals surface area contributed by atoms with Gasteiger partial charge in [-0.25, -0.2) is 0 Å². The molecule has 6 heteroatoms. The number of aliphatic hydroxyl groups excluding tert-OH is 4.